The second kappa shape index (κ2) is 8.85. The van der Waals surface area contributed by atoms with Crippen molar-refractivity contribution in [3.05, 3.63) is 82.3 Å². The predicted octanol–water partition coefficient (Wildman–Crippen LogP) is 2.22. The first kappa shape index (κ1) is 19.2. The Labute approximate surface area is 162 Å². The van der Waals surface area contributed by atoms with E-state index in [-0.39, 0.29) is 17.0 Å². The number of amides is 1. The highest BCUT2D eigenvalue weighted by atomic mass is 16.5. The molecule has 7 nitrogen and oxygen atoms in total. The van der Waals surface area contributed by atoms with Crippen LogP contribution in [0.15, 0.2) is 65.5 Å². The molecule has 0 unspecified atom stereocenters. The number of aromatic nitrogens is 2. The molecule has 1 amide bonds. The summed E-state index contributed by atoms with van der Waals surface area (Å²) in [7, 11) is 3.02. The molecule has 144 valence electrons. The molecule has 0 saturated heterocycles. The summed E-state index contributed by atoms with van der Waals surface area (Å²) in [4.78, 5) is 24.9. The van der Waals surface area contributed by atoms with Gasteiger partial charge in [-0.3, -0.25) is 9.59 Å². The fraction of sp³-hybridized carbons (Fsp3) is 0.190. The number of para-hydroxylation sites is 1. The maximum absolute atomic E-state index is 12.6. The van der Waals surface area contributed by atoms with Gasteiger partial charge < -0.3 is 14.8 Å². The molecule has 7 heteroatoms. The maximum atomic E-state index is 12.6. The van der Waals surface area contributed by atoms with Crippen molar-refractivity contribution in [2.45, 2.75) is 6.42 Å². The lowest BCUT2D eigenvalue weighted by molar-refractivity contribution is 0.0943. The van der Waals surface area contributed by atoms with E-state index in [1.165, 1.54) is 17.9 Å². The average Bonchev–Trinajstić information content (AvgIpc) is 2.74. The minimum absolute atomic E-state index is 0.0562. The van der Waals surface area contributed by atoms with E-state index in [1.54, 1.807) is 31.4 Å². The minimum atomic E-state index is -0.407. The number of hydrogen-bond acceptors (Lipinski definition) is 5. The fourth-order valence-electron chi connectivity index (χ4n) is 2.70. The topological polar surface area (TPSA) is 82.5 Å². The smallest absolute Gasteiger partial charge is 0.275 e. The summed E-state index contributed by atoms with van der Waals surface area (Å²) >= 11 is 0. The number of carbonyl (C=O) groups is 1. The summed E-state index contributed by atoms with van der Waals surface area (Å²) in [5, 5.41) is 7.03. The Morgan fingerprint density at radius 1 is 1.04 bits per heavy atom. The van der Waals surface area contributed by atoms with Crippen LogP contribution in [0.25, 0.3) is 5.69 Å². The Bertz CT molecular complexity index is 998. The van der Waals surface area contributed by atoms with Gasteiger partial charge in [-0.1, -0.05) is 30.3 Å². The van der Waals surface area contributed by atoms with Crippen LogP contribution in [-0.4, -0.2) is 36.5 Å². The van der Waals surface area contributed by atoms with Crippen LogP contribution >= 0.6 is 0 Å². The number of nitrogens with zero attached hydrogens (tertiary/aromatic N) is 2. The van der Waals surface area contributed by atoms with Crippen LogP contribution < -0.4 is 20.3 Å². The molecule has 0 radical (unpaired) electrons. The first-order chi connectivity index (χ1) is 13.6. The number of ether oxygens (including phenoxy) is 2. The Morgan fingerprint density at radius 3 is 2.39 bits per heavy atom. The zero-order valence-corrected chi connectivity index (χ0v) is 15.7. The summed E-state index contributed by atoms with van der Waals surface area (Å²) < 4.78 is 11.5. The van der Waals surface area contributed by atoms with E-state index >= 15 is 0 Å². The molecule has 3 aromatic rings. The molecule has 1 heterocycles. The van der Waals surface area contributed by atoms with Gasteiger partial charge in [-0.25, -0.2) is 0 Å². The van der Waals surface area contributed by atoms with Crippen molar-refractivity contribution in [3.8, 4) is 17.2 Å². The van der Waals surface area contributed by atoms with Gasteiger partial charge in [-0.05, 0) is 36.2 Å². The third-order valence-electron chi connectivity index (χ3n) is 4.19. The van der Waals surface area contributed by atoms with E-state index in [0.29, 0.717) is 18.7 Å². The van der Waals surface area contributed by atoms with Crippen LogP contribution in [0.5, 0.6) is 11.5 Å². The van der Waals surface area contributed by atoms with Crippen LogP contribution in [0, 0.1) is 0 Å². The summed E-state index contributed by atoms with van der Waals surface area (Å²) in [6.07, 6.45) is 0.649. The number of methoxy groups -OCH3 is 2. The van der Waals surface area contributed by atoms with Gasteiger partial charge in [0, 0.05) is 6.54 Å². The van der Waals surface area contributed by atoms with Crippen molar-refractivity contribution in [2.75, 3.05) is 20.8 Å². The first-order valence-electron chi connectivity index (χ1n) is 8.77. The van der Waals surface area contributed by atoms with Gasteiger partial charge in [0.2, 0.25) is 0 Å². The third-order valence-corrected chi connectivity index (χ3v) is 4.19. The molecule has 0 saturated carbocycles. The zero-order chi connectivity index (χ0) is 19.9. The minimum Gasteiger partial charge on any atom is -0.497 e. The van der Waals surface area contributed by atoms with Crippen molar-refractivity contribution in [2.24, 2.45) is 0 Å². The molecule has 0 atom stereocenters. The van der Waals surface area contributed by atoms with Crippen molar-refractivity contribution < 1.29 is 14.3 Å². The molecule has 0 aliphatic rings. The lowest BCUT2D eigenvalue weighted by Gasteiger charge is -2.11. The predicted molar refractivity (Wildman–Crippen MR) is 105 cm³/mol. The van der Waals surface area contributed by atoms with E-state index in [1.807, 2.05) is 30.3 Å². The summed E-state index contributed by atoms with van der Waals surface area (Å²) in [6, 6.07) is 17.8. The molecule has 0 bridgehead atoms. The highest BCUT2D eigenvalue weighted by Gasteiger charge is 2.17. The third kappa shape index (κ3) is 4.37. The SMILES string of the molecule is COc1ccc(CCNC(=O)c2nn(-c3ccccc3)c(=O)cc2OC)cc1. The molecule has 0 fully saturated rings. The number of rotatable bonds is 7. The lowest BCUT2D eigenvalue weighted by atomic mass is 10.1. The monoisotopic (exact) mass is 379 g/mol. The Hall–Kier alpha value is -3.61. The highest BCUT2D eigenvalue weighted by Crippen LogP contribution is 2.15. The molecule has 0 aliphatic carbocycles. The molecule has 0 aliphatic heterocycles. The second-order valence-electron chi connectivity index (χ2n) is 6.00. The van der Waals surface area contributed by atoms with Gasteiger partial charge in [0.1, 0.15) is 5.75 Å². The van der Waals surface area contributed by atoms with Crippen LogP contribution in [-0.2, 0) is 6.42 Å². The lowest BCUT2D eigenvalue weighted by Crippen LogP contribution is -2.31. The van der Waals surface area contributed by atoms with E-state index in [0.717, 1.165) is 11.3 Å². The summed E-state index contributed by atoms with van der Waals surface area (Å²) in [6.45, 7) is 0.417. The van der Waals surface area contributed by atoms with Crippen LogP contribution in [0.2, 0.25) is 0 Å². The molecule has 0 spiro atoms. The molecule has 28 heavy (non-hydrogen) atoms. The standard InChI is InChI=1S/C21H21N3O4/c1-27-17-10-8-15(9-11-17)12-13-22-21(26)20-18(28-2)14-19(25)24(23-20)16-6-4-3-5-7-16/h3-11,14H,12-13H2,1-2H3,(H,22,26). The Morgan fingerprint density at radius 2 is 1.75 bits per heavy atom. The van der Waals surface area contributed by atoms with Gasteiger partial charge in [-0.2, -0.15) is 9.78 Å². The van der Waals surface area contributed by atoms with E-state index < -0.39 is 5.91 Å². The average molecular weight is 379 g/mol. The van der Waals surface area contributed by atoms with E-state index in [4.69, 9.17) is 9.47 Å². The maximum Gasteiger partial charge on any atom is 0.275 e. The van der Waals surface area contributed by atoms with E-state index in [2.05, 4.69) is 10.4 Å². The molecular formula is C21H21N3O4. The van der Waals surface area contributed by atoms with Gasteiger partial charge in [0.25, 0.3) is 11.5 Å². The molecule has 3 rings (SSSR count). The van der Waals surface area contributed by atoms with Crippen LogP contribution in [0.3, 0.4) is 0 Å². The van der Waals surface area contributed by atoms with Crippen molar-refractivity contribution >= 4 is 5.91 Å². The molecule has 1 aromatic heterocycles. The highest BCUT2D eigenvalue weighted by molar-refractivity contribution is 5.94. The zero-order valence-electron chi connectivity index (χ0n) is 15.7. The summed E-state index contributed by atoms with van der Waals surface area (Å²) in [5.41, 5.74) is 1.32. The molecule has 1 N–H and O–H groups in total. The quantitative estimate of drug-likeness (QED) is 0.681. The van der Waals surface area contributed by atoms with Crippen LogP contribution in [0.4, 0.5) is 0 Å². The number of benzene rings is 2. The Balaban J connectivity index is 1.75. The second-order valence-corrected chi connectivity index (χ2v) is 6.00. The first-order valence-corrected chi connectivity index (χ1v) is 8.77. The number of hydrogen-bond donors (Lipinski definition) is 1. The van der Waals surface area contributed by atoms with Crippen molar-refractivity contribution in [1.29, 1.82) is 0 Å². The van der Waals surface area contributed by atoms with E-state index in [9.17, 15) is 9.59 Å². The van der Waals surface area contributed by atoms with Crippen LogP contribution in [0.1, 0.15) is 16.1 Å². The summed E-state index contributed by atoms with van der Waals surface area (Å²) in [5.74, 6) is 0.513. The fourth-order valence-corrected chi connectivity index (χ4v) is 2.70. The molecule has 2 aromatic carbocycles. The normalized spacial score (nSPS) is 10.4. The molecular weight excluding hydrogens is 358 g/mol. The van der Waals surface area contributed by atoms with Gasteiger partial charge in [0.15, 0.2) is 11.4 Å². The largest absolute Gasteiger partial charge is 0.497 e. The van der Waals surface area contributed by atoms with Crippen molar-refractivity contribution in [1.82, 2.24) is 15.1 Å². The van der Waals surface area contributed by atoms with Gasteiger partial charge in [-0.15, -0.1) is 0 Å². The Kier molecular flexibility index (Phi) is 6.06. The van der Waals surface area contributed by atoms with Gasteiger partial charge in [0.05, 0.1) is 26.0 Å². The number of nitrogens with one attached hydrogen (secondary N) is 1. The van der Waals surface area contributed by atoms with Gasteiger partial charge >= 0.3 is 0 Å². The number of carbonyl (C=O) groups excluding carboxylic acids is 1. The van der Waals surface area contributed by atoms with Crippen molar-refractivity contribution in [3.63, 3.8) is 0 Å².